The summed E-state index contributed by atoms with van der Waals surface area (Å²) in [6.07, 6.45) is 2.90. The highest BCUT2D eigenvalue weighted by atomic mass is 16.2. The largest absolute Gasteiger partial charge is 0.349 e. The molecule has 0 bridgehead atoms. The maximum atomic E-state index is 12.6. The summed E-state index contributed by atoms with van der Waals surface area (Å²) in [4.78, 5) is 27.1. The maximum absolute atomic E-state index is 12.6. The van der Waals surface area contributed by atoms with Crippen LogP contribution in [-0.2, 0) is 11.2 Å². The van der Waals surface area contributed by atoms with Gasteiger partial charge >= 0.3 is 0 Å². The normalized spacial score (nSPS) is 14.3. The van der Waals surface area contributed by atoms with Crippen LogP contribution in [0.5, 0.6) is 0 Å². The maximum Gasteiger partial charge on any atom is 0.251 e. The van der Waals surface area contributed by atoms with Gasteiger partial charge in [-0.15, -0.1) is 0 Å². The predicted octanol–water partition coefficient (Wildman–Crippen LogP) is 4.71. The number of rotatable bonds is 6. The summed E-state index contributed by atoms with van der Waals surface area (Å²) in [5, 5.41) is 3.13. The van der Waals surface area contributed by atoms with Gasteiger partial charge in [-0.25, -0.2) is 0 Å². The van der Waals surface area contributed by atoms with Gasteiger partial charge in [0.05, 0.1) is 0 Å². The Labute approximate surface area is 183 Å². The van der Waals surface area contributed by atoms with Gasteiger partial charge in [0, 0.05) is 31.1 Å². The lowest BCUT2D eigenvalue weighted by Crippen LogP contribution is -2.46. The van der Waals surface area contributed by atoms with Crippen LogP contribution >= 0.6 is 0 Å². The molecule has 0 radical (unpaired) electrons. The van der Waals surface area contributed by atoms with Crippen molar-refractivity contribution in [3.63, 3.8) is 0 Å². The van der Waals surface area contributed by atoms with E-state index in [1.165, 1.54) is 5.56 Å². The topological polar surface area (TPSA) is 49.4 Å². The molecule has 1 fully saturated rings. The van der Waals surface area contributed by atoms with E-state index in [0.717, 1.165) is 30.4 Å². The average Bonchev–Trinajstić information content (AvgIpc) is 2.84. The second kappa shape index (κ2) is 10.1. The molecule has 1 N–H and O–H groups in total. The van der Waals surface area contributed by atoms with Gasteiger partial charge in [0.15, 0.2) is 0 Å². The third-order valence-corrected chi connectivity index (χ3v) is 5.91. The minimum Gasteiger partial charge on any atom is -0.349 e. The van der Waals surface area contributed by atoms with Gasteiger partial charge in [0.1, 0.15) is 0 Å². The molecule has 158 valence electrons. The third kappa shape index (κ3) is 5.60. The van der Waals surface area contributed by atoms with Crippen LogP contribution < -0.4 is 5.32 Å². The first kappa shape index (κ1) is 20.9. The van der Waals surface area contributed by atoms with Crippen molar-refractivity contribution >= 4 is 11.8 Å². The van der Waals surface area contributed by atoms with E-state index < -0.39 is 0 Å². The van der Waals surface area contributed by atoms with Gasteiger partial charge in [-0.1, -0.05) is 72.8 Å². The fourth-order valence-electron chi connectivity index (χ4n) is 4.04. The molecule has 4 heteroatoms. The van der Waals surface area contributed by atoms with E-state index in [1.807, 2.05) is 65.6 Å². The predicted molar refractivity (Wildman–Crippen MR) is 124 cm³/mol. The Balaban J connectivity index is 1.24. The molecule has 0 saturated carbocycles. The molecule has 0 atom stereocenters. The molecule has 1 heterocycles. The highest BCUT2D eigenvalue weighted by Gasteiger charge is 2.24. The van der Waals surface area contributed by atoms with Crippen molar-refractivity contribution in [3.05, 3.63) is 96.1 Å². The Morgan fingerprint density at radius 1 is 0.774 bits per heavy atom. The van der Waals surface area contributed by atoms with E-state index in [1.54, 1.807) is 0 Å². The van der Waals surface area contributed by atoms with E-state index in [-0.39, 0.29) is 17.9 Å². The van der Waals surface area contributed by atoms with Crippen molar-refractivity contribution in [1.29, 1.82) is 0 Å². The molecule has 4 rings (SSSR count). The standard InChI is InChI=1S/C27H28N2O2/c30-26(16-11-21-7-3-1-4-8-21)29-19-17-25(18-20-29)28-27(31)24-14-12-23(13-15-24)22-9-5-2-6-10-22/h1-10,12-15,25H,11,16-20H2,(H,28,31). The molecule has 0 spiro atoms. The van der Waals surface area contributed by atoms with Crippen molar-refractivity contribution in [2.75, 3.05) is 13.1 Å². The van der Waals surface area contributed by atoms with Crippen LogP contribution in [-0.4, -0.2) is 35.8 Å². The molecular weight excluding hydrogens is 384 g/mol. The second-order valence-electron chi connectivity index (χ2n) is 8.06. The van der Waals surface area contributed by atoms with Gasteiger partial charge in [0.25, 0.3) is 5.91 Å². The first-order chi connectivity index (χ1) is 15.2. The Hall–Kier alpha value is -3.40. The van der Waals surface area contributed by atoms with Crippen LogP contribution in [0.3, 0.4) is 0 Å². The van der Waals surface area contributed by atoms with E-state index in [9.17, 15) is 9.59 Å². The number of hydrogen-bond acceptors (Lipinski definition) is 2. The van der Waals surface area contributed by atoms with Crippen molar-refractivity contribution in [3.8, 4) is 11.1 Å². The molecule has 0 unspecified atom stereocenters. The smallest absolute Gasteiger partial charge is 0.251 e. The van der Waals surface area contributed by atoms with E-state index in [2.05, 4.69) is 29.6 Å². The lowest BCUT2D eigenvalue weighted by molar-refractivity contribution is -0.132. The molecule has 1 aliphatic rings. The fraction of sp³-hybridized carbons (Fsp3) is 0.259. The first-order valence-corrected chi connectivity index (χ1v) is 11.0. The number of aryl methyl sites for hydroxylation is 1. The number of likely N-dealkylation sites (tertiary alicyclic amines) is 1. The number of amides is 2. The SMILES string of the molecule is O=C(NC1CCN(C(=O)CCc2ccccc2)CC1)c1ccc(-c2ccccc2)cc1. The Bertz CT molecular complexity index is 992. The number of piperidine rings is 1. The monoisotopic (exact) mass is 412 g/mol. The zero-order valence-electron chi connectivity index (χ0n) is 17.7. The molecule has 1 saturated heterocycles. The highest BCUT2D eigenvalue weighted by molar-refractivity contribution is 5.94. The first-order valence-electron chi connectivity index (χ1n) is 11.0. The van der Waals surface area contributed by atoms with E-state index >= 15 is 0 Å². The number of carbonyl (C=O) groups is 2. The highest BCUT2D eigenvalue weighted by Crippen LogP contribution is 2.20. The number of nitrogens with one attached hydrogen (secondary N) is 1. The molecule has 4 nitrogen and oxygen atoms in total. The molecule has 0 aromatic heterocycles. The lowest BCUT2D eigenvalue weighted by atomic mass is 10.0. The molecule has 31 heavy (non-hydrogen) atoms. The summed E-state index contributed by atoms with van der Waals surface area (Å²) in [7, 11) is 0. The lowest BCUT2D eigenvalue weighted by Gasteiger charge is -2.32. The summed E-state index contributed by atoms with van der Waals surface area (Å²) < 4.78 is 0. The molecule has 0 aliphatic carbocycles. The molecule has 2 amide bonds. The minimum absolute atomic E-state index is 0.0477. The van der Waals surface area contributed by atoms with Gasteiger partial charge in [-0.3, -0.25) is 9.59 Å². The zero-order chi connectivity index (χ0) is 21.5. The van der Waals surface area contributed by atoms with Crippen molar-refractivity contribution in [2.45, 2.75) is 31.7 Å². The Kier molecular flexibility index (Phi) is 6.78. The van der Waals surface area contributed by atoms with Crippen LogP contribution in [0, 0.1) is 0 Å². The summed E-state index contributed by atoms with van der Waals surface area (Å²) in [5.41, 5.74) is 4.09. The third-order valence-electron chi connectivity index (χ3n) is 5.91. The molecular formula is C27H28N2O2. The quantitative estimate of drug-likeness (QED) is 0.638. The van der Waals surface area contributed by atoms with Crippen molar-refractivity contribution in [2.24, 2.45) is 0 Å². The minimum atomic E-state index is -0.0477. The Morgan fingerprint density at radius 3 is 2.00 bits per heavy atom. The second-order valence-corrected chi connectivity index (χ2v) is 8.06. The zero-order valence-corrected chi connectivity index (χ0v) is 17.7. The number of hydrogen-bond donors (Lipinski definition) is 1. The summed E-state index contributed by atoms with van der Waals surface area (Å²) in [5.74, 6) is 0.151. The van der Waals surface area contributed by atoms with Crippen LogP contribution in [0.25, 0.3) is 11.1 Å². The Morgan fingerprint density at radius 2 is 1.35 bits per heavy atom. The fourth-order valence-corrected chi connectivity index (χ4v) is 4.04. The molecule has 3 aromatic rings. The molecule has 3 aromatic carbocycles. The van der Waals surface area contributed by atoms with Gasteiger partial charge in [-0.05, 0) is 48.1 Å². The number of carbonyl (C=O) groups excluding carboxylic acids is 2. The van der Waals surface area contributed by atoms with Crippen LogP contribution in [0.15, 0.2) is 84.9 Å². The summed E-state index contributed by atoms with van der Waals surface area (Å²) in [6.45, 7) is 1.40. The van der Waals surface area contributed by atoms with Gasteiger partial charge < -0.3 is 10.2 Å². The van der Waals surface area contributed by atoms with Crippen LogP contribution in [0.2, 0.25) is 0 Å². The van der Waals surface area contributed by atoms with Crippen LogP contribution in [0.4, 0.5) is 0 Å². The summed E-state index contributed by atoms with van der Waals surface area (Å²) >= 11 is 0. The average molecular weight is 413 g/mol. The number of benzene rings is 3. The van der Waals surface area contributed by atoms with Gasteiger partial charge in [-0.2, -0.15) is 0 Å². The summed E-state index contributed by atoms with van der Waals surface area (Å²) in [6, 6.07) is 28.1. The van der Waals surface area contributed by atoms with Gasteiger partial charge in [0.2, 0.25) is 5.91 Å². The number of nitrogens with zero attached hydrogens (tertiary/aromatic N) is 1. The van der Waals surface area contributed by atoms with E-state index in [4.69, 9.17) is 0 Å². The van der Waals surface area contributed by atoms with Crippen molar-refractivity contribution in [1.82, 2.24) is 10.2 Å². The van der Waals surface area contributed by atoms with Crippen LogP contribution in [0.1, 0.15) is 35.2 Å². The molecule has 1 aliphatic heterocycles. The van der Waals surface area contributed by atoms with Crippen molar-refractivity contribution < 1.29 is 9.59 Å². The van der Waals surface area contributed by atoms with E-state index in [0.29, 0.717) is 25.1 Å².